The molecule has 2 nitrogen and oxygen atoms in total. The van der Waals surface area contributed by atoms with Crippen molar-refractivity contribution in [1.29, 1.82) is 0 Å². The molecule has 0 radical (unpaired) electrons. The van der Waals surface area contributed by atoms with E-state index in [4.69, 9.17) is 0 Å². The van der Waals surface area contributed by atoms with Crippen molar-refractivity contribution in [1.82, 2.24) is 10.3 Å². The van der Waals surface area contributed by atoms with Gasteiger partial charge in [-0.3, -0.25) is 4.98 Å². The molecule has 0 bridgehead atoms. The Morgan fingerprint density at radius 2 is 2.12 bits per heavy atom. The fourth-order valence-electron chi connectivity index (χ4n) is 2.01. The van der Waals surface area contributed by atoms with E-state index in [2.05, 4.69) is 48.6 Å². The van der Waals surface area contributed by atoms with Crippen molar-refractivity contribution >= 4 is 11.3 Å². The van der Waals surface area contributed by atoms with E-state index in [0.29, 0.717) is 0 Å². The summed E-state index contributed by atoms with van der Waals surface area (Å²) in [5, 5.41) is 5.71. The Labute approximate surface area is 107 Å². The van der Waals surface area contributed by atoms with E-state index in [9.17, 15) is 0 Å². The van der Waals surface area contributed by atoms with Crippen LogP contribution in [0.4, 0.5) is 0 Å². The molecule has 0 saturated carbocycles. The number of nitrogens with one attached hydrogen (secondary N) is 1. The summed E-state index contributed by atoms with van der Waals surface area (Å²) in [6.45, 7) is 7.41. The largest absolute Gasteiger partial charge is 0.306 e. The number of aryl methyl sites for hydroxylation is 2. The summed E-state index contributed by atoms with van der Waals surface area (Å²) in [7, 11) is 0. The summed E-state index contributed by atoms with van der Waals surface area (Å²) < 4.78 is 0. The molecular weight excluding hydrogens is 228 g/mol. The van der Waals surface area contributed by atoms with Crippen LogP contribution in [0.25, 0.3) is 0 Å². The number of nitrogens with zero attached hydrogens (tertiary/aromatic N) is 1. The second-order valence-electron chi connectivity index (χ2n) is 4.19. The number of pyridine rings is 1. The first kappa shape index (κ1) is 12.3. The first-order valence-corrected chi connectivity index (χ1v) is 6.80. The van der Waals surface area contributed by atoms with Gasteiger partial charge in [-0.05, 0) is 54.6 Å². The Kier molecular flexibility index (Phi) is 3.92. The lowest BCUT2D eigenvalue weighted by molar-refractivity contribution is 0.632. The van der Waals surface area contributed by atoms with E-state index in [1.54, 1.807) is 0 Å². The summed E-state index contributed by atoms with van der Waals surface area (Å²) in [5.41, 5.74) is 3.92. The van der Waals surface area contributed by atoms with Gasteiger partial charge < -0.3 is 5.32 Å². The van der Waals surface area contributed by atoms with Gasteiger partial charge in [0.15, 0.2) is 0 Å². The Morgan fingerprint density at radius 3 is 2.71 bits per heavy atom. The third-order valence-electron chi connectivity index (χ3n) is 2.96. The molecule has 0 spiro atoms. The first-order chi connectivity index (χ1) is 8.24. The topological polar surface area (TPSA) is 24.9 Å². The molecular formula is C14H18N2S. The summed E-state index contributed by atoms with van der Waals surface area (Å²) in [5.74, 6) is 0. The fourth-order valence-corrected chi connectivity index (χ4v) is 3.03. The van der Waals surface area contributed by atoms with E-state index in [-0.39, 0.29) is 6.04 Å². The first-order valence-electron chi connectivity index (χ1n) is 5.92. The highest BCUT2D eigenvalue weighted by atomic mass is 32.1. The van der Waals surface area contributed by atoms with Gasteiger partial charge in [-0.15, -0.1) is 11.3 Å². The maximum Gasteiger partial charge on any atom is 0.0691 e. The molecule has 0 aliphatic rings. The van der Waals surface area contributed by atoms with Gasteiger partial charge in [-0.1, -0.05) is 6.92 Å². The molecule has 0 fully saturated rings. The van der Waals surface area contributed by atoms with E-state index < -0.39 is 0 Å². The molecule has 2 rings (SSSR count). The van der Waals surface area contributed by atoms with Crippen molar-refractivity contribution in [2.24, 2.45) is 0 Å². The Hall–Kier alpha value is -1.19. The second kappa shape index (κ2) is 5.43. The molecule has 0 aliphatic heterocycles. The average Bonchev–Trinajstić information content (AvgIpc) is 2.74. The molecule has 1 unspecified atom stereocenters. The molecule has 2 aromatic heterocycles. The minimum absolute atomic E-state index is 0.272. The van der Waals surface area contributed by atoms with Crippen LogP contribution in [-0.2, 0) is 0 Å². The Bertz CT molecular complexity index is 490. The van der Waals surface area contributed by atoms with Crippen molar-refractivity contribution in [3.8, 4) is 0 Å². The van der Waals surface area contributed by atoms with Gasteiger partial charge >= 0.3 is 0 Å². The van der Waals surface area contributed by atoms with Crippen molar-refractivity contribution in [2.75, 3.05) is 6.54 Å². The standard InChI is InChI=1S/C14H18N2S/c1-4-16-13(14-11(3)6-8-17-14)12-9-15-7-5-10(12)2/h5-9,13,16H,4H2,1-3H3. The van der Waals surface area contributed by atoms with Crippen molar-refractivity contribution in [3.63, 3.8) is 0 Å². The molecule has 3 heteroatoms. The lowest BCUT2D eigenvalue weighted by Gasteiger charge is -2.19. The monoisotopic (exact) mass is 246 g/mol. The molecule has 2 heterocycles. The Morgan fingerprint density at radius 1 is 1.29 bits per heavy atom. The van der Waals surface area contributed by atoms with Crippen LogP contribution >= 0.6 is 11.3 Å². The highest BCUT2D eigenvalue weighted by Crippen LogP contribution is 2.30. The molecule has 17 heavy (non-hydrogen) atoms. The number of thiophene rings is 1. The average molecular weight is 246 g/mol. The summed E-state index contributed by atoms with van der Waals surface area (Å²) in [6.07, 6.45) is 3.82. The molecule has 0 aromatic carbocycles. The minimum atomic E-state index is 0.272. The van der Waals surface area contributed by atoms with Crippen LogP contribution in [0.1, 0.15) is 34.5 Å². The van der Waals surface area contributed by atoms with E-state index in [1.165, 1.54) is 21.6 Å². The third-order valence-corrected chi connectivity index (χ3v) is 4.05. The van der Waals surface area contributed by atoms with Crippen LogP contribution in [0.5, 0.6) is 0 Å². The molecule has 0 saturated heterocycles. The smallest absolute Gasteiger partial charge is 0.0691 e. The van der Waals surface area contributed by atoms with Crippen LogP contribution < -0.4 is 5.32 Å². The summed E-state index contributed by atoms with van der Waals surface area (Å²) >= 11 is 1.81. The van der Waals surface area contributed by atoms with Gasteiger partial charge in [0.05, 0.1) is 6.04 Å². The molecule has 1 atom stereocenters. The molecule has 90 valence electrons. The SMILES string of the molecule is CCNC(c1cnccc1C)c1sccc1C. The number of rotatable bonds is 4. The third kappa shape index (κ3) is 2.56. The molecule has 2 aromatic rings. The van der Waals surface area contributed by atoms with E-state index in [0.717, 1.165) is 6.54 Å². The van der Waals surface area contributed by atoms with E-state index >= 15 is 0 Å². The van der Waals surface area contributed by atoms with Crippen molar-refractivity contribution in [2.45, 2.75) is 26.8 Å². The minimum Gasteiger partial charge on any atom is -0.306 e. The lowest BCUT2D eigenvalue weighted by Crippen LogP contribution is -2.22. The maximum atomic E-state index is 4.25. The maximum absolute atomic E-state index is 4.25. The predicted octanol–water partition coefficient (Wildman–Crippen LogP) is 3.46. The van der Waals surface area contributed by atoms with Gasteiger partial charge in [0, 0.05) is 17.3 Å². The van der Waals surface area contributed by atoms with Crippen LogP contribution in [0.15, 0.2) is 29.9 Å². The normalized spacial score (nSPS) is 12.6. The van der Waals surface area contributed by atoms with Crippen molar-refractivity contribution in [3.05, 3.63) is 51.5 Å². The van der Waals surface area contributed by atoms with Crippen LogP contribution in [0, 0.1) is 13.8 Å². The number of hydrogen-bond acceptors (Lipinski definition) is 3. The van der Waals surface area contributed by atoms with E-state index in [1.807, 2.05) is 23.7 Å². The zero-order chi connectivity index (χ0) is 12.3. The highest BCUT2D eigenvalue weighted by Gasteiger charge is 2.18. The molecule has 1 N–H and O–H groups in total. The van der Waals surface area contributed by atoms with Gasteiger partial charge in [0.25, 0.3) is 0 Å². The second-order valence-corrected chi connectivity index (χ2v) is 5.14. The molecule has 0 aliphatic carbocycles. The fraction of sp³-hybridized carbons (Fsp3) is 0.357. The number of hydrogen-bond donors (Lipinski definition) is 1. The van der Waals surface area contributed by atoms with Crippen LogP contribution in [0.2, 0.25) is 0 Å². The van der Waals surface area contributed by atoms with Gasteiger partial charge in [-0.2, -0.15) is 0 Å². The lowest BCUT2D eigenvalue weighted by atomic mass is 10.0. The zero-order valence-corrected chi connectivity index (χ0v) is 11.3. The molecule has 0 amide bonds. The predicted molar refractivity (Wildman–Crippen MR) is 73.5 cm³/mol. The Balaban J connectivity index is 2.43. The van der Waals surface area contributed by atoms with Gasteiger partial charge in [-0.25, -0.2) is 0 Å². The van der Waals surface area contributed by atoms with Crippen molar-refractivity contribution < 1.29 is 0 Å². The zero-order valence-electron chi connectivity index (χ0n) is 10.5. The quantitative estimate of drug-likeness (QED) is 0.893. The van der Waals surface area contributed by atoms with Crippen LogP contribution in [0.3, 0.4) is 0 Å². The highest BCUT2D eigenvalue weighted by molar-refractivity contribution is 7.10. The number of aromatic nitrogens is 1. The van der Waals surface area contributed by atoms with Gasteiger partial charge in [0.1, 0.15) is 0 Å². The van der Waals surface area contributed by atoms with Crippen LogP contribution in [-0.4, -0.2) is 11.5 Å². The van der Waals surface area contributed by atoms with Gasteiger partial charge in [0.2, 0.25) is 0 Å². The summed E-state index contributed by atoms with van der Waals surface area (Å²) in [6, 6.07) is 4.52. The summed E-state index contributed by atoms with van der Waals surface area (Å²) in [4.78, 5) is 5.64.